The molecule has 0 N–H and O–H groups in total. The molecular formula is C54H41NOS. The van der Waals surface area contributed by atoms with Gasteiger partial charge in [0.15, 0.2) is 0 Å². The van der Waals surface area contributed by atoms with Crippen molar-refractivity contribution < 1.29 is 4.74 Å². The van der Waals surface area contributed by atoms with Crippen LogP contribution in [0.3, 0.4) is 0 Å². The largest absolute Gasteiger partial charge is 0.456 e. The van der Waals surface area contributed by atoms with E-state index in [4.69, 9.17) is 4.74 Å². The van der Waals surface area contributed by atoms with Crippen molar-refractivity contribution in [2.45, 2.75) is 38.5 Å². The topological polar surface area (TPSA) is 12.5 Å². The van der Waals surface area contributed by atoms with Crippen molar-refractivity contribution in [2.24, 2.45) is 0 Å². The first-order valence-electron chi connectivity index (χ1n) is 19.8. The van der Waals surface area contributed by atoms with Gasteiger partial charge in [-0.25, -0.2) is 0 Å². The molecule has 2 aliphatic rings. The van der Waals surface area contributed by atoms with Gasteiger partial charge in [-0.3, -0.25) is 0 Å². The number of rotatable bonds is 5. The molecule has 1 aromatic heterocycles. The van der Waals surface area contributed by atoms with Gasteiger partial charge in [-0.1, -0.05) is 143 Å². The fourth-order valence-corrected chi connectivity index (χ4v) is 10.5. The SMILES string of the molecule is CC1(C)c2ccccc2-c2ccc(N(c3ccc(-c4ccccc4)cc3)c3ccc(-c4ccc5c(c4)C(C)(C)c4ccc6sc7ccccc7c6c4O5)cc3)cc21. The van der Waals surface area contributed by atoms with Crippen LogP contribution in [0.2, 0.25) is 0 Å². The van der Waals surface area contributed by atoms with Crippen molar-refractivity contribution >= 4 is 48.6 Å². The van der Waals surface area contributed by atoms with Crippen molar-refractivity contribution in [3.63, 3.8) is 0 Å². The zero-order chi connectivity index (χ0) is 38.5. The standard InChI is InChI=1S/C54H41NOS/c1-53(2)44-16-10-8-14-41(44)42-28-27-40(33-46(42)53)55(38-23-18-35(19-24-38)34-12-6-5-7-13-34)39-25-20-36(21-26-39)37-22-30-48-47(32-37)54(3,4)45-29-31-50-51(52(45)56-48)43-15-9-11-17-49(43)57-50/h5-33H,1-4H3. The maximum Gasteiger partial charge on any atom is 0.140 e. The second kappa shape index (κ2) is 12.5. The summed E-state index contributed by atoms with van der Waals surface area (Å²) in [5.41, 5.74) is 15.7. The van der Waals surface area contributed by atoms with E-state index in [1.807, 2.05) is 11.3 Å². The summed E-state index contributed by atoms with van der Waals surface area (Å²) >= 11 is 1.83. The number of nitrogens with zero attached hydrogens (tertiary/aromatic N) is 1. The Bertz CT molecular complexity index is 3030. The van der Waals surface area contributed by atoms with Crippen molar-refractivity contribution in [3.8, 4) is 44.9 Å². The van der Waals surface area contributed by atoms with E-state index >= 15 is 0 Å². The van der Waals surface area contributed by atoms with E-state index in [0.29, 0.717) is 0 Å². The summed E-state index contributed by atoms with van der Waals surface area (Å²) < 4.78 is 9.39. The molecule has 274 valence electrons. The average Bonchev–Trinajstić information content (AvgIpc) is 3.74. The Morgan fingerprint density at radius 2 is 1.02 bits per heavy atom. The third-order valence-electron chi connectivity index (χ3n) is 12.6. The van der Waals surface area contributed by atoms with Gasteiger partial charge >= 0.3 is 0 Å². The van der Waals surface area contributed by atoms with Gasteiger partial charge in [0.25, 0.3) is 0 Å². The Morgan fingerprint density at radius 3 is 1.79 bits per heavy atom. The summed E-state index contributed by atoms with van der Waals surface area (Å²) in [5, 5.41) is 2.49. The van der Waals surface area contributed by atoms with Crippen LogP contribution < -0.4 is 9.64 Å². The minimum atomic E-state index is -0.236. The van der Waals surface area contributed by atoms with Crippen molar-refractivity contribution in [3.05, 3.63) is 198 Å². The summed E-state index contributed by atoms with van der Waals surface area (Å²) in [4.78, 5) is 2.40. The summed E-state index contributed by atoms with van der Waals surface area (Å²) in [6, 6.07) is 64.4. The Labute approximate surface area is 338 Å². The van der Waals surface area contributed by atoms with Crippen LogP contribution in [-0.4, -0.2) is 0 Å². The van der Waals surface area contributed by atoms with Crippen LogP contribution in [0.4, 0.5) is 17.1 Å². The third kappa shape index (κ3) is 5.22. The Kier molecular flexibility index (Phi) is 7.46. The van der Waals surface area contributed by atoms with E-state index in [1.165, 1.54) is 75.8 Å². The molecule has 0 unspecified atom stereocenters. The number of ether oxygens (including phenoxy) is 1. The minimum absolute atomic E-state index is 0.0947. The van der Waals surface area contributed by atoms with Gasteiger partial charge in [0.05, 0.1) is 0 Å². The fourth-order valence-electron chi connectivity index (χ4n) is 9.44. The molecular weight excluding hydrogens is 711 g/mol. The van der Waals surface area contributed by atoms with Gasteiger partial charge < -0.3 is 9.64 Å². The maximum absolute atomic E-state index is 6.84. The van der Waals surface area contributed by atoms with Gasteiger partial charge in [0, 0.05) is 59.2 Å². The molecule has 8 aromatic carbocycles. The van der Waals surface area contributed by atoms with E-state index in [2.05, 4.69) is 209 Å². The lowest BCUT2D eigenvalue weighted by Gasteiger charge is -2.35. The van der Waals surface area contributed by atoms with Gasteiger partial charge in [0.1, 0.15) is 11.5 Å². The molecule has 11 rings (SSSR count). The molecule has 0 saturated carbocycles. The highest BCUT2D eigenvalue weighted by Crippen LogP contribution is 2.54. The van der Waals surface area contributed by atoms with Gasteiger partial charge in [0.2, 0.25) is 0 Å². The number of hydrogen-bond acceptors (Lipinski definition) is 3. The van der Waals surface area contributed by atoms with Crippen LogP contribution in [0.25, 0.3) is 53.6 Å². The molecule has 0 spiro atoms. The van der Waals surface area contributed by atoms with Crippen LogP contribution in [-0.2, 0) is 10.8 Å². The molecule has 3 heteroatoms. The summed E-state index contributed by atoms with van der Waals surface area (Å²) in [5.74, 6) is 1.93. The second-order valence-electron chi connectivity index (χ2n) is 16.5. The summed E-state index contributed by atoms with van der Waals surface area (Å²) in [7, 11) is 0. The van der Waals surface area contributed by atoms with Crippen molar-refractivity contribution in [1.82, 2.24) is 0 Å². The zero-order valence-electron chi connectivity index (χ0n) is 32.5. The molecule has 57 heavy (non-hydrogen) atoms. The van der Waals surface area contributed by atoms with E-state index in [0.717, 1.165) is 28.6 Å². The average molecular weight is 752 g/mol. The molecule has 2 nitrogen and oxygen atoms in total. The van der Waals surface area contributed by atoms with Crippen molar-refractivity contribution in [2.75, 3.05) is 4.90 Å². The minimum Gasteiger partial charge on any atom is -0.456 e. The first-order valence-corrected chi connectivity index (χ1v) is 20.6. The summed E-state index contributed by atoms with van der Waals surface area (Å²) in [6.45, 7) is 9.36. The quantitative estimate of drug-likeness (QED) is 0.174. The van der Waals surface area contributed by atoms with Crippen LogP contribution in [0, 0.1) is 0 Å². The third-order valence-corrected chi connectivity index (χ3v) is 13.7. The van der Waals surface area contributed by atoms with Gasteiger partial charge in [-0.2, -0.15) is 0 Å². The second-order valence-corrected chi connectivity index (χ2v) is 17.6. The molecule has 0 amide bonds. The Morgan fingerprint density at radius 1 is 0.421 bits per heavy atom. The van der Waals surface area contributed by atoms with E-state index < -0.39 is 0 Å². The lowest BCUT2D eigenvalue weighted by Crippen LogP contribution is -2.24. The molecule has 0 fully saturated rings. The molecule has 0 bridgehead atoms. The molecule has 1 aliphatic carbocycles. The summed E-state index contributed by atoms with van der Waals surface area (Å²) in [6.07, 6.45) is 0. The van der Waals surface area contributed by atoms with E-state index in [9.17, 15) is 0 Å². The van der Waals surface area contributed by atoms with Gasteiger partial charge in [-0.05, 0) is 105 Å². The highest BCUT2D eigenvalue weighted by molar-refractivity contribution is 7.25. The first kappa shape index (κ1) is 33.9. The normalized spacial score (nSPS) is 14.4. The van der Waals surface area contributed by atoms with Crippen LogP contribution in [0.5, 0.6) is 11.5 Å². The number of fused-ring (bicyclic) bond motifs is 9. The molecule has 1 aliphatic heterocycles. The van der Waals surface area contributed by atoms with Crippen LogP contribution >= 0.6 is 11.3 Å². The number of thiophene rings is 1. The number of anilines is 3. The van der Waals surface area contributed by atoms with Crippen LogP contribution in [0.1, 0.15) is 49.9 Å². The predicted octanol–water partition coefficient (Wildman–Crippen LogP) is 15.6. The number of hydrogen-bond donors (Lipinski definition) is 0. The number of benzene rings is 8. The predicted molar refractivity (Wildman–Crippen MR) is 241 cm³/mol. The first-order chi connectivity index (χ1) is 27.8. The smallest absolute Gasteiger partial charge is 0.140 e. The lowest BCUT2D eigenvalue weighted by molar-refractivity contribution is 0.423. The molecule has 2 heterocycles. The van der Waals surface area contributed by atoms with E-state index in [1.54, 1.807) is 0 Å². The lowest BCUT2D eigenvalue weighted by atomic mass is 9.74. The highest BCUT2D eigenvalue weighted by atomic mass is 32.1. The molecule has 0 radical (unpaired) electrons. The molecule has 0 saturated heterocycles. The zero-order valence-corrected chi connectivity index (χ0v) is 33.3. The van der Waals surface area contributed by atoms with Crippen LogP contribution in [0.15, 0.2) is 176 Å². The van der Waals surface area contributed by atoms with E-state index in [-0.39, 0.29) is 10.8 Å². The van der Waals surface area contributed by atoms with Crippen molar-refractivity contribution in [1.29, 1.82) is 0 Å². The maximum atomic E-state index is 6.84. The molecule has 0 atom stereocenters. The fraction of sp³-hybridized carbons (Fsp3) is 0.111. The Hall–Kier alpha value is -6.42. The van der Waals surface area contributed by atoms with Gasteiger partial charge in [-0.15, -0.1) is 11.3 Å². The Balaban J connectivity index is 0.976. The monoisotopic (exact) mass is 751 g/mol. The molecule has 9 aromatic rings. The highest BCUT2D eigenvalue weighted by Gasteiger charge is 2.37.